The second-order valence-corrected chi connectivity index (χ2v) is 8.59. The van der Waals surface area contributed by atoms with Crippen LogP contribution in [0.1, 0.15) is 31.2 Å². The first-order valence-corrected chi connectivity index (χ1v) is 11.4. The zero-order valence-corrected chi connectivity index (χ0v) is 18.7. The molecule has 2 saturated heterocycles. The van der Waals surface area contributed by atoms with E-state index >= 15 is 0 Å². The zero-order chi connectivity index (χ0) is 21.6. The number of benzene rings is 2. The van der Waals surface area contributed by atoms with Crippen molar-refractivity contribution in [3.05, 3.63) is 54.1 Å². The van der Waals surface area contributed by atoms with Gasteiger partial charge in [-0.05, 0) is 61.6 Å². The Morgan fingerprint density at radius 1 is 1.00 bits per heavy atom. The van der Waals surface area contributed by atoms with Crippen molar-refractivity contribution in [2.75, 3.05) is 50.1 Å². The molecule has 6 nitrogen and oxygen atoms in total. The highest BCUT2D eigenvalue weighted by atomic mass is 16.5. The Morgan fingerprint density at radius 3 is 2.35 bits per heavy atom. The van der Waals surface area contributed by atoms with E-state index < -0.39 is 0 Å². The fourth-order valence-electron chi connectivity index (χ4n) is 4.60. The van der Waals surface area contributed by atoms with Crippen molar-refractivity contribution >= 4 is 17.4 Å². The zero-order valence-electron chi connectivity index (χ0n) is 18.7. The van der Waals surface area contributed by atoms with Crippen LogP contribution in [0.4, 0.5) is 16.2 Å². The molecule has 1 N–H and O–H groups in total. The lowest BCUT2D eigenvalue weighted by Crippen LogP contribution is -2.48. The summed E-state index contributed by atoms with van der Waals surface area (Å²) < 4.78 is 5.25. The fraction of sp³-hybridized carbons (Fsp3) is 0.480. The van der Waals surface area contributed by atoms with Crippen LogP contribution in [0.2, 0.25) is 0 Å². The normalized spacial score (nSPS) is 17.0. The lowest BCUT2D eigenvalue weighted by molar-refractivity contribution is 0.200. The number of hydrogen-bond donors (Lipinski definition) is 1. The smallest absolute Gasteiger partial charge is 0.317 e. The molecule has 2 aromatic carbocycles. The second-order valence-electron chi connectivity index (χ2n) is 8.59. The second kappa shape index (κ2) is 9.94. The summed E-state index contributed by atoms with van der Waals surface area (Å²) in [6, 6.07) is 16.9. The van der Waals surface area contributed by atoms with Gasteiger partial charge in [0, 0.05) is 57.2 Å². The Balaban J connectivity index is 1.28. The minimum absolute atomic E-state index is 0.0131. The van der Waals surface area contributed by atoms with E-state index in [1.165, 1.54) is 29.8 Å². The van der Waals surface area contributed by atoms with Gasteiger partial charge >= 0.3 is 6.03 Å². The van der Waals surface area contributed by atoms with Crippen molar-refractivity contribution in [1.29, 1.82) is 0 Å². The number of nitrogens with one attached hydrogen (secondary N) is 1. The van der Waals surface area contributed by atoms with Crippen LogP contribution in [-0.2, 0) is 6.54 Å². The number of hydrogen-bond acceptors (Lipinski definition) is 4. The lowest BCUT2D eigenvalue weighted by Gasteiger charge is -2.35. The number of piperidine rings is 1. The third-order valence-electron chi connectivity index (χ3n) is 6.45. The number of rotatable bonds is 6. The van der Waals surface area contributed by atoms with Crippen LogP contribution >= 0.6 is 0 Å². The average Bonchev–Trinajstić information content (AvgIpc) is 3.35. The fourth-order valence-corrected chi connectivity index (χ4v) is 4.60. The molecule has 0 spiro atoms. The van der Waals surface area contributed by atoms with E-state index in [9.17, 15) is 4.79 Å². The van der Waals surface area contributed by atoms with Gasteiger partial charge in [-0.3, -0.25) is 0 Å². The van der Waals surface area contributed by atoms with E-state index in [4.69, 9.17) is 4.74 Å². The van der Waals surface area contributed by atoms with E-state index in [1.807, 2.05) is 24.1 Å². The maximum Gasteiger partial charge on any atom is 0.317 e. The first-order chi connectivity index (χ1) is 15.1. The first-order valence-electron chi connectivity index (χ1n) is 11.4. The van der Waals surface area contributed by atoms with Gasteiger partial charge in [-0.15, -0.1) is 0 Å². The van der Waals surface area contributed by atoms with E-state index in [0.717, 1.165) is 44.8 Å². The maximum atomic E-state index is 12.8. The molecule has 2 aliphatic rings. The van der Waals surface area contributed by atoms with Gasteiger partial charge in [-0.25, -0.2) is 4.79 Å². The highest BCUT2D eigenvalue weighted by molar-refractivity contribution is 5.74. The molecule has 0 saturated carbocycles. The largest absolute Gasteiger partial charge is 0.497 e. The predicted molar refractivity (Wildman–Crippen MR) is 126 cm³/mol. The molecule has 0 radical (unpaired) electrons. The maximum absolute atomic E-state index is 12.8. The van der Waals surface area contributed by atoms with Crippen LogP contribution in [0, 0.1) is 0 Å². The molecule has 4 rings (SSSR count). The van der Waals surface area contributed by atoms with Crippen molar-refractivity contribution in [2.45, 2.75) is 38.3 Å². The molecule has 2 aromatic rings. The first kappa shape index (κ1) is 21.3. The number of para-hydroxylation sites is 1. The molecule has 0 unspecified atom stereocenters. The summed E-state index contributed by atoms with van der Waals surface area (Å²) in [5, 5.41) is 3.24. The van der Waals surface area contributed by atoms with Gasteiger partial charge in [0.15, 0.2) is 0 Å². The van der Waals surface area contributed by atoms with Gasteiger partial charge < -0.3 is 24.8 Å². The van der Waals surface area contributed by atoms with Crippen LogP contribution in [0.3, 0.4) is 0 Å². The summed E-state index contributed by atoms with van der Waals surface area (Å²) in [5.74, 6) is 0.875. The van der Waals surface area contributed by atoms with E-state index in [2.05, 4.69) is 51.5 Å². The van der Waals surface area contributed by atoms with Gasteiger partial charge in [-0.2, -0.15) is 0 Å². The van der Waals surface area contributed by atoms with Crippen LogP contribution in [-0.4, -0.2) is 57.3 Å². The Hall–Kier alpha value is -2.89. The molecule has 6 heteroatoms. The van der Waals surface area contributed by atoms with Crippen LogP contribution in [0.25, 0.3) is 0 Å². The Kier molecular flexibility index (Phi) is 6.85. The highest BCUT2D eigenvalue weighted by Gasteiger charge is 2.23. The molecule has 0 atom stereocenters. The number of amides is 2. The van der Waals surface area contributed by atoms with Gasteiger partial charge in [0.25, 0.3) is 0 Å². The molecule has 31 heavy (non-hydrogen) atoms. The van der Waals surface area contributed by atoms with Gasteiger partial charge in [0.1, 0.15) is 5.75 Å². The topological polar surface area (TPSA) is 48.1 Å². The van der Waals surface area contributed by atoms with Gasteiger partial charge in [0.2, 0.25) is 0 Å². The minimum atomic E-state index is 0.0131. The molecule has 2 heterocycles. The molecule has 166 valence electrons. The SMILES string of the molecule is COc1ccc(N2CCC(NC(=O)N(C)Cc3ccccc3N3CCCC3)CC2)cc1. The average molecular weight is 423 g/mol. The van der Waals surface area contributed by atoms with Crippen molar-refractivity contribution in [3.63, 3.8) is 0 Å². The minimum Gasteiger partial charge on any atom is -0.497 e. The monoisotopic (exact) mass is 422 g/mol. The number of nitrogens with zero attached hydrogens (tertiary/aromatic N) is 3. The molecule has 0 aromatic heterocycles. The van der Waals surface area contributed by atoms with Gasteiger partial charge in [-0.1, -0.05) is 18.2 Å². The van der Waals surface area contributed by atoms with Crippen molar-refractivity contribution < 1.29 is 9.53 Å². The number of carbonyl (C=O) groups excluding carboxylic acids is 1. The summed E-state index contributed by atoms with van der Waals surface area (Å²) in [7, 11) is 3.58. The van der Waals surface area contributed by atoms with E-state index in [1.54, 1.807) is 7.11 Å². The summed E-state index contributed by atoms with van der Waals surface area (Å²) >= 11 is 0. The van der Waals surface area contributed by atoms with Crippen molar-refractivity contribution in [1.82, 2.24) is 10.2 Å². The van der Waals surface area contributed by atoms with E-state index in [-0.39, 0.29) is 12.1 Å². The van der Waals surface area contributed by atoms with E-state index in [0.29, 0.717) is 6.54 Å². The molecule has 2 fully saturated rings. The Morgan fingerprint density at radius 2 is 1.68 bits per heavy atom. The lowest BCUT2D eigenvalue weighted by atomic mass is 10.0. The van der Waals surface area contributed by atoms with Crippen molar-refractivity contribution in [2.24, 2.45) is 0 Å². The predicted octanol–water partition coefficient (Wildman–Crippen LogP) is 4.11. The Labute approximate surface area is 185 Å². The summed E-state index contributed by atoms with van der Waals surface area (Å²) in [6.07, 6.45) is 4.41. The molecule has 2 amide bonds. The van der Waals surface area contributed by atoms with Gasteiger partial charge in [0.05, 0.1) is 7.11 Å². The molecule has 0 aliphatic carbocycles. The van der Waals surface area contributed by atoms with Crippen LogP contribution in [0.15, 0.2) is 48.5 Å². The summed E-state index contributed by atoms with van der Waals surface area (Å²) in [4.78, 5) is 19.5. The van der Waals surface area contributed by atoms with Crippen molar-refractivity contribution in [3.8, 4) is 5.75 Å². The highest BCUT2D eigenvalue weighted by Crippen LogP contribution is 2.26. The summed E-state index contributed by atoms with van der Waals surface area (Å²) in [5.41, 5.74) is 3.70. The third kappa shape index (κ3) is 5.24. The number of anilines is 2. The third-order valence-corrected chi connectivity index (χ3v) is 6.45. The molecular formula is C25H34N4O2. The Bertz CT molecular complexity index is 856. The summed E-state index contributed by atoms with van der Waals surface area (Å²) in [6.45, 7) is 4.74. The number of ether oxygens (including phenoxy) is 1. The molecule has 0 bridgehead atoms. The van der Waals surface area contributed by atoms with Crippen LogP contribution in [0.5, 0.6) is 5.75 Å². The quantitative estimate of drug-likeness (QED) is 0.761. The van der Waals surface area contributed by atoms with Crippen LogP contribution < -0.4 is 19.9 Å². The molecule has 2 aliphatic heterocycles. The number of methoxy groups -OCH3 is 1. The number of urea groups is 1. The number of carbonyl (C=O) groups is 1. The molecular weight excluding hydrogens is 388 g/mol. The standard InChI is InChI=1S/C25H34N4O2/c1-27(19-20-7-3-4-8-24(20)29-15-5-6-16-29)25(30)26-21-13-17-28(18-14-21)22-9-11-23(31-2)12-10-22/h3-4,7-12,21H,5-6,13-19H2,1-2H3,(H,26,30).